The second-order valence-electron chi connectivity index (χ2n) is 4.94. The Labute approximate surface area is 93.0 Å². The Morgan fingerprint density at radius 1 is 1.20 bits per heavy atom. The van der Waals surface area contributed by atoms with Crippen LogP contribution in [0.5, 0.6) is 0 Å². The summed E-state index contributed by atoms with van der Waals surface area (Å²) >= 11 is 0. The first-order valence-corrected chi connectivity index (χ1v) is 6.33. The van der Waals surface area contributed by atoms with Crippen LogP contribution in [0.25, 0.3) is 0 Å². The van der Waals surface area contributed by atoms with Gasteiger partial charge in [0.25, 0.3) is 0 Å². The van der Waals surface area contributed by atoms with Gasteiger partial charge in [0.05, 0.1) is 6.10 Å². The molecule has 2 atom stereocenters. The van der Waals surface area contributed by atoms with Gasteiger partial charge in [-0.15, -0.1) is 0 Å². The lowest BCUT2D eigenvalue weighted by Gasteiger charge is -2.37. The van der Waals surface area contributed by atoms with Crippen LogP contribution in [0.3, 0.4) is 0 Å². The summed E-state index contributed by atoms with van der Waals surface area (Å²) in [6, 6.07) is 1.58. The summed E-state index contributed by atoms with van der Waals surface area (Å²) in [4.78, 5) is 2.64. The van der Waals surface area contributed by atoms with Gasteiger partial charge in [0.2, 0.25) is 0 Å². The molecule has 2 aliphatic carbocycles. The van der Waals surface area contributed by atoms with Crippen LogP contribution in [0.1, 0.15) is 38.5 Å². The number of ether oxygens (including phenoxy) is 1. The summed E-state index contributed by atoms with van der Waals surface area (Å²) in [5.74, 6) is 0. The first kappa shape index (κ1) is 11.4. The van der Waals surface area contributed by atoms with E-state index >= 15 is 0 Å². The summed E-state index contributed by atoms with van der Waals surface area (Å²) in [7, 11) is 1.84. The van der Waals surface area contributed by atoms with E-state index in [1.807, 2.05) is 7.11 Å². The minimum Gasteiger partial charge on any atom is -0.381 e. The zero-order valence-corrected chi connectivity index (χ0v) is 9.82. The third kappa shape index (κ3) is 2.92. The molecule has 0 radical (unpaired) electrons. The molecule has 2 aliphatic rings. The Morgan fingerprint density at radius 2 is 2.00 bits per heavy atom. The van der Waals surface area contributed by atoms with E-state index in [1.165, 1.54) is 38.5 Å². The van der Waals surface area contributed by atoms with Crippen molar-refractivity contribution >= 4 is 0 Å². The van der Waals surface area contributed by atoms with Crippen LogP contribution in [-0.4, -0.2) is 43.3 Å². The van der Waals surface area contributed by atoms with Gasteiger partial charge in [-0.05, 0) is 38.5 Å². The summed E-state index contributed by atoms with van der Waals surface area (Å²) in [6.07, 6.45) is 8.37. The van der Waals surface area contributed by atoms with Crippen LogP contribution in [0.4, 0.5) is 0 Å². The first-order chi connectivity index (χ1) is 7.35. The second kappa shape index (κ2) is 5.28. The van der Waals surface area contributed by atoms with E-state index in [0.29, 0.717) is 6.10 Å². The van der Waals surface area contributed by atoms with Gasteiger partial charge < -0.3 is 10.5 Å². The van der Waals surface area contributed by atoms with Crippen LogP contribution in [0, 0.1) is 0 Å². The molecule has 2 saturated carbocycles. The van der Waals surface area contributed by atoms with Crippen molar-refractivity contribution in [2.75, 3.05) is 20.2 Å². The highest BCUT2D eigenvalue weighted by Crippen LogP contribution is 2.33. The van der Waals surface area contributed by atoms with E-state index in [4.69, 9.17) is 10.5 Å². The van der Waals surface area contributed by atoms with Crippen molar-refractivity contribution < 1.29 is 4.74 Å². The van der Waals surface area contributed by atoms with Gasteiger partial charge in [-0.25, -0.2) is 0 Å². The molecule has 2 fully saturated rings. The van der Waals surface area contributed by atoms with Crippen molar-refractivity contribution in [3.8, 4) is 0 Å². The molecule has 15 heavy (non-hydrogen) atoms. The van der Waals surface area contributed by atoms with Gasteiger partial charge >= 0.3 is 0 Å². The Balaban J connectivity index is 1.88. The third-order valence-corrected chi connectivity index (χ3v) is 3.80. The Morgan fingerprint density at radius 3 is 2.60 bits per heavy atom. The van der Waals surface area contributed by atoms with Crippen molar-refractivity contribution in [1.29, 1.82) is 0 Å². The van der Waals surface area contributed by atoms with Gasteiger partial charge in [0.15, 0.2) is 0 Å². The van der Waals surface area contributed by atoms with E-state index in [9.17, 15) is 0 Å². The number of hydrogen-bond donors (Lipinski definition) is 1. The van der Waals surface area contributed by atoms with Crippen LogP contribution in [0.2, 0.25) is 0 Å². The molecule has 0 aromatic carbocycles. The molecule has 2 rings (SSSR count). The lowest BCUT2D eigenvalue weighted by molar-refractivity contribution is 0.0263. The maximum Gasteiger partial charge on any atom is 0.0586 e. The smallest absolute Gasteiger partial charge is 0.0586 e. The van der Waals surface area contributed by atoms with Crippen LogP contribution < -0.4 is 5.73 Å². The van der Waals surface area contributed by atoms with Crippen molar-refractivity contribution in [3.63, 3.8) is 0 Å². The van der Waals surface area contributed by atoms with Crippen molar-refractivity contribution in [2.45, 2.75) is 56.7 Å². The molecule has 88 valence electrons. The van der Waals surface area contributed by atoms with Crippen molar-refractivity contribution in [3.05, 3.63) is 0 Å². The highest BCUT2D eigenvalue weighted by molar-refractivity contribution is 4.91. The quantitative estimate of drug-likeness (QED) is 0.748. The summed E-state index contributed by atoms with van der Waals surface area (Å²) < 4.78 is 5.49. The molecule has 2 N–H and O–H groups in total. The van der Waals surface area contributed by atoms with Gasteiger partial charge in [-0.1, -0.05) is 0 Å². The van der Waals surface area contributed by atoms with Crippen molar-refractivity contribution in [2.24, 2.45) is 5.73 Å². The summed E-state index contributed by atoms with van der Waals surface area (Å²) in [5, 5.41) is 0. The average molecular weight is 212 g/mol. The van der Waals surface area contributed by atoms with E-state index in [1.54, 1.807) is 0 Å². The molecule has 0 bridgehead atoms. The third-order valence-electron chi connectivity index (χ3n) is 3.80. The molecule has 3 nitrogen and oxygen atoms in total. The minimum absolute atomic E-state index is 0.489. The minimum atomic E-state index is 0.489. The van der Waals surface area contributed by atoms with Gasteiger partial charge in [-0.3, -0.25) is 4.90 Å². The standard InChI is InChI=1S/C12H24N2O/c1-15-12-4-2-3-11(9-12)14(8-7-13)10-5-6-10/h10-12H,2-9,13H2,1H3. The molecular weight excluding hydrogens is 188 g/mol. The highest BCUT2D eigenvalue weighted by Gasteiger charge is 2.35. The number of nitrogens with zero attached hydrogens (tertiary/aromatic N) is 1. The van der Waals surface area contributed by atoms with Crippen LogP contribution >= 0.6 is 0 Å². The van der Waals surface area contributed by atoms with E-state index < -0.39 is 0 Å². The van der Waals surface area contributed by atoms with Crippen LogP contribution in [0.15, 0.2) is 0 Å². The molecule has 0 spiro atoms. The van der Waals surface area contributed by atoms with Crippen LogP contribution in [-0.2, 0) is 4.74 Å². The fourth-order valence-corrected chi connectivity index (χ4v) is 2.85. The summed E-state index contributed by atoms with van der Waals surface area (Å²) in [6.45, 7) is 1.87. The van der Waals surface area contributed by atoms with E-state index in [0.717, 1.165) is 25.2 Å². The zero-order valence-electron chi connectivity index (χ0n) is 9.82. The molecular formula is C12H24N2O. The molecule has 0 saturated heterocycles. The highest BCUT2D eigenvalue weighted by atomic mass is 16.5. The first-order valence-electron chi connectivity index (χ1n) is 6.33. The average Bonchev–Trinajstić information content (AvgIpc) is 3.10. The predicted octanol–water partition coefficient (Wildman–Crippen LogP) is 1.37. The monoisotopic (exact) mass is 212 g/mol. The molecule has 0 heterocycles. The number of nitrogens with two attached hydrogens (primary N) is 1. The Kier molecular flexibility index (Phi) is 4.00. The fraction of sp³-hybridized carbons (Fsp3) is 1.00. The lowest BCUT2D eigenvalue weighted by atomic mass is 9.91. The maximum atomic E-state index is 5.70. The molecule has 2 unspecified atom stereocenters. The Bertz CT molecular complexity index is 194. The fourth-order valence-electron chi connectivity index (χ4n) is 2.85. The number of rotatable bonds is 5. The largest absolute Gasteiger partial charge is 0.381 e. The predicted molar refractivity (Wildman–Crippen MR) is 61.8 cm³/mol. The van der Waals surface area contributed by atoms with Gasteiger partial charge in [0, 0.05) is 32.3 Å². The Hall–Kier alpha value is -0.120. The van der Waals surface area contributed by atoms with Crippen molar-refractivity contribution in [1.82, 2.24) is 4.90 Å². The molecule has 0 aromatic heterocycles. The SMILES string of the molecule is COC1CCCC(N(CCN)C2CC2)C1. The zero-order chi connectivity index (χ0) is 10.7. The normalized spacial score (nSPS) is 32.2. The van der Waals surface area contributed by atoms with Gasteiger partial charge in [0.1, 0.15) is 0 Å². The van der Waals surface area contributed by atoms with E-state index in [2.05, 4.69) is 4.90 Å². The number of methoxy groups -OCH3 is 1. The lowest BCUT2D eigenvalue weighted by Crippen LogP contribution is -2.44. The van der Waals surface area contributed by atoms with Gasteiger partial charge in [-0.2, -0.15) is 0 Å². The van der Waals surface area contributed by atoms with E-state index in [-0.39, 0.29) is 0 Å². The number of hydrogen-bond acceptors (Lipinski definition) is 3. The molecule has 0 aromatic rings. The molecule has 0 aliphatic heterocycles. The maximum absolute atomic E-state index is 5.70. The molecule has 3 heteroatoms. The second-order valence-corrected chi connectivity index (χ2v) is 4.94. The topological polar surface area (TPSA) is 38.5 Å². The summed E-state index contributed by atoms with van der Waals surface area (Å²) in [5.41, 5.74) is 5.70. The molecule has 0 amide bonds.